The van der Waals surface area contributed by atoms with Crippen LogP contribution in [0.2, 0.25) is 0 Å². The largest absolute Gasteiger partial charge is 0.382 e. The van der Waals surface area contributed by atoms with Gasteiger partial charge in [0.15, 0.2) is 0 Å². The molecule has 0 aliphatic rings. The Hall–Kier alpha value is -1.13. The molecule has 16 heavy (non-hydrogen) atoms. The van der Waals surface area contributed by atoms with Crippen LogP contribution in [0.25, 0.3) is 0 Å². The zero-order chi connectivity index (χ0) is 11.8. The Balaban J connectivity index is 2.24. The fourth-order valence-electron chi connectivity index (χ4n) is 1.30. The summed E-state index contributed by atoms with van der Waals surface area (Å²) in [6.07, 6.45) is 0. The topological polar surface area (TPSA) is 30.5 Å². The first kappa shape index (κ1) is 12.9. The van der Waals surface area contributed by atoms with Gasteiger partial charge in [-0.05, 0) is 19.1 Å². The third-order valence-electron chi connectivity index (χ3n) is 2.26. The number of halogens is 1. The molecule has 0 aliphatic heterocycles. The van der Waals surface area contributed by atoms with E-state index >= 15 is 0 Å². The lowest BCUT2D eigenvalue weighted by atomic mass is 10.2. The van der Waals surface area contributed by atoms with E-state index in [1.165, 1.54) is 6.07 Å². The van der Waals surface area contributed by atoms with Gasteiger partial charge in [-0.15, -0.1) is 0 Å². The van der Waals surface area contributed by atoms with Gasteiger partial charge in [0, 0.05) is 24.9 Å². The lowest BCUT2D eigenvalue weighted by Gasteiger charge is -2.10. The Kier molecular flexibility index (Phi) is 5.82. The van der Waals surface area contributed by atoms with Crippen LogP contribution in [-0.2, 0) is 9.47 Å². The summed E-state index contributed by atoms with van der Waals surface area (Å²) in [6, 6.07) is 5.00. The molecule has 90 valence electrons. The van der Waals surface area contributed by atoms with Gasteiger partial charge < -0.3 is 14.8 Å². The molecule has 4 heteroatoms. The van der Waals surface area contributed by atoms with Crippen LogP contribution in [0, 0.1) is 12.7 Å². The van der Waals surface area contributed by atoms with Crippen LogP contribution in [0.1, 0.15) is 5.56 Å². The zero-order valence-electron chi connectivity index (χ0n) is 9.75. The van der Waals surface area contributed by atoms with Crippen molar-refractivity contribution in [1.82, 2.24) is 0 Å². The van der Waals surface area contributed by atoms with Crippen molar-refractivity contribution in [2.75, 3.05) is 38.8 Å². The Morgan fingerprint density at radius 1 is 1.25 bits per heavy atom. The molecule has 1 aromatic carbocycles. The van der Waals surface area contributed by atoms with Crippen LogP contribution in [-0.4, -0.2) is 33.5 Å². The van der Waals surface area contributed by atoms with Gasteiger partial charge in [0.25, 0.3) is 0 Å². The summed E-state index contributed by atoms with van der Waals surface area (Å²) in [6.45, 7) is 4.18. The van der Waals surface area contributed by atoms with Gasteiger partial charge in [-0.25, -0.2) is 4.39 Å². The number of methoxy groups -OCH3 is 1. The summed E-state index contributed by atoms with van der Waals surface area (Å²) >= 11 is 0. The number of ether oxygens (including phenoxy) is 2. The first-order valence-corrected chi connectivity index (χ1v) is 5.31. The number of hydrogen-bond acceptors (Lipinski definition) is 3. The fourth-order valence-corrected chi connectivity index (χ4v) is 1.30. The maximum absolute atomic E-state index is 13.2. The SMILES string of the molecule is COCCOCCNc1cccc(F)c1C. The number of benzene rings is 1. The van der Waals surface area contributed by atoms with E-state index in [1.807, 2.05) is 6.07 Å². The second-order valence-corrected chi connectivity index (χ2v) is 3.44. The van der Waals surface area contributed by atoms with E-state index in [2.05, 4.69) is 5.32 Å². The quantitative estimate of drug-likeness (QED) is 0.724. The van der Waals surface area contributed by atoms with Crippen molar-refractivity contribution in [2.24, 2.45) is 0 Å². The number of anilines is 1. The molecule has 0 spiro atoms. The van der Waals surface area contributed by atoms with E-state index in [0.717, 1.165) is 5.69 Å². The number of rotatable bonds is 7. The van der Waals surface area contributed by atoms with Crippen molar-refractivity contribution in [3.63, 3.8) is 0 Å². The highest BCUT2D eigenvalue weighted by atomic mass is 19.1. The lowest BCUT2D eigenvalue weighted by molar-refractivity contribution is 0.0759. The van der Waals surface area contributed by atoms with Crippen molar-refractivity contribution in [2.45, 2.75) is 6.92 Å². The van der Waals surface area contributed by atoms with E-state index in [9.17, 15) is 4.39 Å². The highest BCUT2D eigenvalue weighted by Crippen LogP contribution is 2.16. The van der Waals surface area contributed by atoms with Crippen molar-refractivity contribution < 1.29 is 13.9 Å². The molecule has 0 atom stereocenters. The van der Waals surface area contributed by atoms with Crippen LogP contribution in [0.3, 0.4) is 0 Å². The Bertz CT molecular complexity index is 318. The monoisotopic (exact) mass is 227 g/mol. The fraction of sp³-hybridized carbons (Fsp3) is 0.500. The van der Waals surface area contributed by atoms with Gasteiger partial charge in [-0.2, -0.15) is 0 Å². The molecule has 0 amide bonds. The Morgan fingerprint density at radius 2 is 2.06 bits per heavy atom. The first-order chi connectivity index (χ1) is 7.75. The van der Waals surface area contributed by atoms with Crippen molar-refractivity contribution in [3.8, 4) is 0 Å². The van der Waals surface area contributed by atoms with Gasteiger partial charge in [0.05, 0.1) is 19.8 Å². The average molecular weight is 227 g/mol. The summed E-state index contributed by atoms with van der Waals surface area (Å²) in [7, 11) is 1.64. The molecule has 3 nitrogen and oxygen atoms in total. The molecule has 0 bridgehead atoms. The van der Waals surface area contributed by atoms with E-state index < -0.39 is 0 Å². The molecule has 0 fully saturated rings. The van der Waals surface area contributed by atoms with Gasteiger partial charge in [-0.3, -0.25) is 0 Å². The standard InChI is InChI=1S/C12H18FNO2/c1-10-11(13)4-3-5-12(10)14-6-7-16-9-8-15-2/h3-5,14H,6-9H2,1-2H3. The molecule has 0 aliphatic carbocycles. The predicted octanol–water partition coefficient (Wildman–Crippen LogP) is 2.21. The summed E-state index contributed by atoms with van der Waals surface area (Å²) < 4.78 is 23.3. The normalized spacial score (nSPS) is 10.4. The van der Waals surface area contributed by atoms with Gasteiger partial charge in [0.2, 0.25) is 0 Å². The number of nitrogens with one attached hydrogen (secondary N) is 1. The van der Waals surface area contributed by atoms with Crippen LogP contribution >= 0.6 is 0 Å². The highest BCUT2D eigenvalue weighted by Gasteiger charge is 2.01. The van der Waals surface area contributed by atoms with Gasteiger partial charge >= 0.3 is 0 Å². The molecule has 0 radical (unpaired) electrons. The third kappa shape index (κ3) is 4.16. The summed E-state index contributed by atoms with van der Waals surface area (Å²) in [5.41, 5.74) is 1.45. The Labute approximate surface area is 95.6 Å². The summed E-state index contributed by atoms with van der Waals surface area (Å²) in [4.78, 5) is 0. The minimum atomic E-state index is -0.190. The van der Waals surface area contributed by atoms with E-state index in [0.29, 0.717) is 31.9 Å². The molecule has 1 aromatic rings. The van der Waals surface area contributed by atoms with Crippen molar-refractivity contribution in [3.05, 3.63) is 29.6 Å². The number of hydrogen-bond donors (Lipinski definition) is 1. The molecule has 0 unspecified atom stereocenters. The molecular formula is C12H18FNO2. The molecule has 0 heterocycles. The van der Waals surface area contributed by atoms with Gasteiger partial charge in [0.1, 0.15) is 5.82 Å². The minimum Gasteiger partial charge on any atom is -0.382 e. The molecule has 0 saturated heterocycles. The van der Waals surface area contributed by atoms with Crippen LogP contribution in [0.4, 0.5) is 10.1 Å². The second-order valence-electron chi connectivity index (χ2n) is 3.44. The summed E-state index contributed by atoms with van der Waals surface area (Å²) in [5, 5.41) is 3.12. The van der Waals surface area contributed by atoms with Crippen LogP contribution in [0.5, 0.6) is 0 Å². The lowest BCUT2D eigenvalue weighted by Crippen LogP contribution is -2.12. The molecular weight excluding hydrogens is 209 g/mol. The maximum atomic E-state index is 13.2. The smallest absolute Gasteiger partial charge is 0.128 e. The second kappa shape index (κ2) is 7.19. The molecule has 0 saturated carbocycles. The average Bonchev–Trinajstić information content (AvgIpc) is 2.29. The van der Waals surface area contributed by atoms with Crippen molar-refractivity contribution >= 4 is 5.69 Å². The highest BCUT2D eigenvalue weighted by molar-refractivity contribution is 5.50. The van der Waals surface area contributed by atoms with Crippen LogP contribution in [0.15, 0.2) is 18.2 Å². The van der Waals surface area contributed by atoms with Crippen LogP contribution < -0.4 is 5.32 Å². The molecule has 1 N–H and O–H groups in total. The van der Waals surface area contributed by atoms with E-state index in [-0.39, 0.29) is 5.82 Å². The Morgan fingerprint density at radius 3 is 2.81 bits per heavy atom. The minimum absolute atomic E-state index is 0.190. The third-order valence-corrected chi connectivity index (χ3v) is 2.26. The van der Waals surface area contributed by atoms with Gasteiger partial charge in [-0.1, -0.05) is 6.07 Å². The predicted molar refractivity (Wildman–Crippen MR) is 62.3 cm³/mol. The van der Waals surface area contributed by atoms with E-state index in [4.69, 9.17) is 9.47 Å². The van der Waals surface area contributed by atoms with Crippen molar-refractivity contribution in [1.29, 1.82) is 0 Å². The van der Waals surface area contributed by atoms with E-state index in [1.54, 1.807) is 20.1 Å². The molecule has 0 aromatic heterocycles. The zero-order valence-corrected chi connectivity index (χ0v) is 9.75. The molecule has 1 rings (SSSR count). The maximum Gasteiger partial charge on any atom is 0.128 e. The summed E-state index contributed by atoms with van der Waals surface area (Å²) in [5.74, 6) is -0.190. The first-order valence-electron chi connectivity index (χ1n) is 5.31.